The maximum absolute atomic E-state index is 14.9. The molecule has 3 rings (SSSR count). The zero-order valence-electron chi connectivity index (χ0n) is 19.9. The van der Waals surface area contributed by atoms with Crippen LogP contribution in [0.2, 0.25) is 0 Å². The highest BCUT2D eigenvalue weighted by Crippen LogP contribution is 2.21. The van der Waals surface area contributed by atoms with Crippen molar-refractivity contribution in [3.8, 4) is 0 Å². The summed E-state index contributed by atoms with van der Waals surface area (Å²) in [6, 6.07) is 14.7. The highest BCUT2D eigenvalue weighted by molar-refractivity contribution is 5.75. The van der Waals surface area contributed by atoms with Crippen LogP contribution in [0.15, 0.2) is 48.7 Å². The zero-order chi connectivity index (χ0) is 23.3. The summed E-state index contributed by atoms with van der Waals surface area (Å²) in [4.78, 5) is 6.76. The molecule has 2 aromatic heterocycles. The van der Waals surface area contributed by atoms with Crippen LogP contribution >= 0.6 is 0 Å². The van der Waals surface area contributed by atoms with E-state index in [1.807, 2.05) is 38.2 Å². The van der Waals surface area contributed by atoms with Crippen molar-refractivity contribution in [3.05, 3.63) is 76.7 Å². The fourth-order valence-corrected chi connectivity index (χ4v) is 3.74. The molecule has 1 N–H and O–H groups in total. The van der Waals surface area contributed by atoms with E-state index in [2.05, 4.69) is 60.1 Å². The minimum atomic E-state index is -0.339. The van der Waals surface area contributed by atoms with Crippen molar-refractivity contribution < 1.29 is 4.39 Å². The summed E-state index contributed by atoms with van der Waals surface area (Å²) in [7, 11) is 1.83. The Balaban J connectivity index is 1.71. The van der Waals surface area contributed by atoms with E-state index in [0.717, 1.165) is 29.2 Å². The molecular formula is C26H34FN5. The molecule has 1 aromatic carbocycles. The smallest absolute Gasteiger partial charge is 0.151 e. The number of anilines is 1. The van der Waals surface area contributed by atoms with Gasteiger partial charge in [0.25, 0.3) is 0 Å². The minimum Gasteiger partial charge on any atom is -0.373 e. The quantitative estimate of drug-likeness (QED) is 0.464. The van der Waals surface area contributed by atoms with Gasteiger partial charge < -0.3 is 5.32 Å². The van der Waals surface area contributed by atoms with Crippen molar-refractivity contribution in [1.29, 1.82) is 0 Å². The van der Waals surface area contributed by atoms with E-state index in [0.29, 0.717) is 24.3 Å². The van der Waals surface area contributed by atoms with Crippen molar-refractivity contribution in [2.24, 2.45) is 0 Å². The van der Waals surface area contributed by atoms with Gasteiger partial charge in [-0.15, -0.1) is 0 Å². The molecule has 170 valence electrons. The van der Waals surface area contributed by atoms with E-state index >= 15 is 0 Å². The Morgan fingerprint density at radius 1 is 1.06 bits per heavy atom. The van der Waals surface area contributed by atoms with Crippen molar-refractivity contribution in [3.63, 3.8) is 0 Å². The summed E-state index contributed by atoms with van der Waals surface area (Å²) >= 11 is 0. The number of aromatic nitrogens is 3. The summed E-state index contributed by atoms with van der Waals surface area (Å²) in [5.41, 5.74) is 4.31. The maximum atomic E-state index is 14.9. The molecule has 6 heteroatoms. The molecule has 0 unspecified atom stereocenters. The average Bonchev–Trinajstić information content (AvgIpc) is 3.13. The summed E-state index contributed by atoms with van der Waals surface area (Å²) < 4.78 is 16.7. The van der Waals surface area contributed by atoms with Crippen LogP contribution in [0, 0.1) is 6.92 Å². The number of hydrogen-bond acceptors (Lipinski definition) is 4. The lowest BCUT2D eigenvalue weighted by molar-refractivity contribution is 0.166. The van der Waals surface area contributed by atoms with E-state index in [1.165, 1.54) is 5.56 Å². The number of hydrogen-bond donors (Lipinski definition) is 1. The fourth-order valence-electron chi connectivity index (χ4n) is 3.74. The van der Waals surface area contributed by atoms with E-state index in [1.54, 1.807) is 23.0 Å². The molecule has 0 bridgehead atoms. The largest absolute Gasteiger partial charge is 0.373 e. The molecular weight excluding hydrogens is 401 g/mol. The molecule has 32 heavy (non-hydrogen) atoms. The number of pyridine rings is 1. The average molecular weight is 436 g/mol. The summed E-state index contributed by atoms with van der Waals surface area (Å²) in [5, 5.41) is 7.46. The van der Waals surface area contributed by atoms with Crippen LogP contribution in [0.1, 0.15) is 55.8 Å². The van der Waals surface area contributed by atoms with Crippen LogP contribution in [-0.2, 0) is 13.1 Å². The molecule has 3 aromatic rings. The van der Waals surface area contributed by atoms with Crippen molar-refractivity contribution in [2.45, 2.75) is 59.8 Å². The first-order chi connectivity index (χ1) is 15.3. The second-order valence-corrected chi connectivity index (χ2v) is 8.72. The van der Waals surface area contributed by atoms with E-state index < -0.39 is 0 Å². The number of nitrogens with one attached hydrogen (secondary N) is 1. The molecule has 0 saturated carbocycles. The van der Waals surface area contributed by atoms with Gasteiger partial charge in [0.05, 0.1) is 6.54 Å². The molecule has 0 radical (unpaired) electrons. The topological polar surface area (TPSA) is 46.0 Å². The lowest BCUT2D eigenvalue weighted by Crippen LogP contribution is -2.36. The van der Waals surface area contributed by atoms with Crippen LogP contribution < -0.4 is 5.32 Å². The Kier molecular flexibility index (Phi) is 7.80. The third kappa shape index (κ3) is 6.04. The molecule has 0 aliphatic carbocycles. The van der Waals surface area contributed by atoms with Crippen LogP contribution in [0.25, 0.3) is 11.9 Å². The third-order valence-corrected chi connectivity index (χ3v) is 5.60. The minimum absolute atomic E-state index is 0.339. The van der Waals surface area contributed by atoms with Crippen molar-refractivity contribution in [1.82, 2.24) is 19.7 Å². The molecule has 0 amide bonds. The van der Waals surface area contributed by atoms with Crippen LogP contribution in [0.5, 0.6) is 0 Å². The number of benzene rings is 1. The Labute approximate surface area is 191 Å². The number of halogens is 1. The lowest BCUT2D eigenvalue weighted by atomic mass is 10.1. The second kappa shape index (κ2) is 10.6. The van der Waals surface area contributed by atoms with Crippen molar-refractivity contribution >= 4 is 17.7 Å². The third-order valence-electron chi connectivity index (χ3n) is 5.60. The van der Waals surface area contributed by atoms with Gasteiger partial charge in [0, 0.05) is 37.6 Å². The molecule has 0 aliphatic heterocycles. The maximum Gasteiger partial charge on any atom is 0.151 e. The standard InChI is InChI=1S/C26H34FN5/c1-18(2)31(19(3)4)16-22-9-7-21(8-10-22)14-24(27)25-13-20(5)32(30-25)17-23-11-12-26(28-6)29-15-23/h7-15,18-19H,16-17H2,1-6H3,(H,28,29). The second-order valence-electron chi connectivity index (χ2n) is 8.72. The Bertz CT molecular complexity index is 1030. The molecule has 0 spiro atoms. The molecule has 5 nitrogen and oxygen atoms in total. The van der Waals surface area contributed by atoms with Gasteiger partial charge >= 0.3 is 0 Å². The predicted molar refractivity (Wildman–Crippen MR) is 131 cm³/mol. The van der Waals surface area contributed by atoms with Crippen LogP contribution in [0.4, 0.5) is 10.2 Å². The molecule has 0 aliphatic rings. The Morgan fingerprint density at radius 2 is 1.72 bits per heavy atom. The van der Waals surface area contributed by atoms with Crippen molar-refractivity contribution in [2.75, 3.05) is 12.4 Å². The van der Waals surface area contributed by atoms with Gasteiger partial charge in [0.2, 0.25) is 0 Å². The van der Waals surface area contributed by atoms with Gasteiger partial charge in [0.1, 0.15) is 11.5 Å². The fraction of sp³-hybridized carbons (Fsp3) is 0.385. The highest BCUT2D eigenvalue weighted by atomic mass is 19.1. The first-order valence-corrected chi connectivity index (χ1v) is 11.2. The van der Waals surface area contributed by atoms with Crippen LogP contribution in [-0.4, -0.2) is 38.8 Å². The van der Waals surface area contributed by atoms with Gasteiger partial charge in [-0.05, 0) is 69.5 Å². The SMILES string of the molecule is CNc1ccc(Cn2nc(C(F)=Cc3ccc(CN(C(C)C)C(C)C)cc3)cc2C)cn1. The number of rotatable bonds is 9. The lowest BCUT2D eigenvalue weighted by Gasteiger charge is -2.30. The summed E-state index contributed by atoms with van der Waals surface area (Å²) in [6.07, 6.45) is 3.35. The first-order valence-electron chi connectivity index (χ1n) is 11.2. The van der Waals surface area contributed by atoms with Gasteiger partial charge in [-0.25, -0.2) is 9.37 Å². The number of aryl methyl sites for hydroxylation is 1. The van der Waals surface area contributed by atoms with Crippen LogP contribution in [0.3, 0.4) is 0 Å². The predicted octanol–water partition coefficient (Wildman–Crippen LogP) is 5.76. The van der Waals surface area contributed by atoms with E-state index in [4.69, 9.17) is 0 Å². The Hall–Kier alpha value is -2.99. The van der Waals surface area contributed by atoms with E-state index in [-0.39, 0.29) is 5.83 Å². The molecule has 0 saturated heterocycles. The molecule has 2 heterocycles. The van der Waals surface area contributed by atoms with Gasteiger partial charge in [-0.2, -0.15) is 5.10 Å². The first kappa shape index (κ1) is 23.7. The van der Waals surface area contributed by atoms with Gasteiger partial charge in [-0.1, -0.05) is 30.3 Å². The highest BCUT2D eigenvalue weighted by Gasteiger charge is 2.14. The monoisotopic (exact) mass is 435 g/mol. The normalized spacial score (nSPS) is 12.2. The molecule has 0 fully saturated rings. The number of nitrogens with zero attached hydrogens (tertiary/aromatic N) is 4. The zero-order valence-corrected chi connectivity index (χ0v) is 19.9. The summed E-state index contributed by atoms with van der Waals surface area (Å²) in [5.74, 6) is 0.474. The van der Waals surface area contributed by atoms with Gasteiger partial charge in [0.15, 0.2) is 5.83 Å². The molecule has 0 atom stereocenters. The van der Waals surface area contributed by atoms with E-state index in [9.17, 15) is 4.39 Å². The Morgan fingerprint density at radius 3 is 2.28 bits per heavy atom. The van der Waals surface area contributed by atoms with Gasteiger partial charge in [-0.3, -0.25) is 9.58 Å². The summed E-state index contributed by atoms with van der Waals surface area (Å²) in [6.45, 7) is 12.2.